The molecule has 1 heterocycles. The molecule has 0 saturated heterocycles. The van der Waals surface area contributed by atoms with E-state index in [1.165, 1.54) is 0 Å². The van der Waals surface area contributed by atoms with Crippen molar-refractivity contribution in [2.24, 2.45) is 0 Å². The van der Waals surface area contributed by atoms with Crippen LogP contribution in [0.1, 0.15) is 11.5 Å². The molecule has 5 nitrogen and oxygen atoms in total. The second-order valence-corrected chi connectivity index (χ2v) is 6.96. The summed E-state index contributed by atoms with van der Waals surface area (Å²) in [7, 11) is 0. The highest BCUT2D eigenvalue weighted by atomic mass is 79.9. The van der Waals surface area contributed by atoms with Crippen LogP contribution < -0.4 is 9.47 Å². The van der Waals surface area contributed by atoms with E-state index < -0.39 is 0 Å². The van der Waals surface area contributed by atoms with Crippen molar-refractivity contribution < 1.29 is 13.9 Å². The van der Waals surface area contributed by atoms with E-state index in [0.717, 1.165) is 21.3 Å². The number of halogens is 1. The standard InChI is InChI=1S/C22H17BrN2O3/c23-18-8-6-17(7-9-18)22-25-24-21(28-22)15-27-20-12-10-19(11-13-20)26-14-16-4-2-1-3-5-16/h1-13H,14-15H2. The number of aromatic nitrogens is 2. The number of benzene rings is 3. The maximum atomic E-state index is 5.77. The molecular weight excluding hydrogens is 420 g/mol. The molecule has 0 atom stereocenters. The van der Waals surface area contributed by atoms with Gasteiger partial charge in [0.2, 0.25) is 5.89 Å². The molecule has 4 aromatic rings. The first-order valence-corrected chi connectivity index (χ1v) is 9.53. The highest BCUT2D eigenvalue weighted by Gasteiger charge is 2.09. The van der Waals surface area contributed by atoms with Gasteiger partial charge in [0, 0.05) is 10.0 Å². The van der Waals surface area contributed by atoms with Crippen molar-refractivity contribution in [3.05, 3.63) is 94.8 Å². The van der Waals surface area contributed by atoms with Gasteiger partial charge in [-0.3, -0.25) is 0 Å². The molecule has 0 N–H and O–H groups in total. The summed E-state index contributed by atoms with van der Waals surface area (Å²) in [6.07, 6.45) is 0. The normalized spacial score (nSPS) is 10.6. The largest absolute Gasteiger partial charge is 0.489 e. The van der Waals surface area contributed by atoms with E-state index in [2.05, 4.69) is 26.1 Å². The molecule has 0 fully saturated rings. The number of rotatable bonds is 7. The lowest BCUT2D eigenvalue weighted by molar-refractivity contribution is 0.263. The van der Waals surface area contributed by atoms with Gasteiger partial charge >= 0.3 is 0 Å². The van der Waals surface area contributed by atoms with Gasteiger partial charge in [-0.2, -0.15) is 0 Å². The Morgan fingerprint density at radius 1 is 0.714 bits per heavy atom. The molecule has 0 spiro atoms. The van der Waals surface area contributed by atoms with E-state index in [1.807, 2.05) is 78.9 Å². The Kier molecular flexibility index (Phi) is 5.68. The van der Waals surface area contributed by atoms with Crippen LogP contribution in [0.25, 0.3) is 11.5 Å². The van der Waals surface area contributed by atoms with Crippen LogP contribution in [-0.2, 0) is 13.2 Å². The van der Waals surface area contributed by atoms with Crippen LogP contribution in [0.5, 0.6) is 11.5 Å². The van der Waals surface area contributed by atoms with Gasteiger partial charge in [-0.05, 0) is 54.1 Å². The average Bonchev–Trinajstić information content (AvgIpc) is 3.22. The first-order chi connectivity index (χ1) is 13.8. The van der Waals surface area contributed by atoms with E-state index >= 15 is 0 Å². The molecular formula is C22H17BrN2O3. The van der Waals surface area contributed by atoms with Gasteiger partial charge in [-0.1, -0.05) is 46.3 Å². The predicted molar refractivity (Wildman–Crippen MR) is 109 cm³/mol. The fourth-order valence-corrected chi connectivity index (χ4v) is 2.80. The van der Waals surface area contributed by atoms with Crippen LogP contribution in [0, 0.1) is 0 Å². The summed E-state index contributed by atoms with van der Waals surface area (Å²) in [6, 6.07) is 25.2. The van der Waals surface area contributed by atoms with Gasteiger partial charge in [0.25, 0.3) is 5.89 Å². The number of nitrogens with zero attached hydrogens (tertiary/aromatic N) is 2. The smallest absolute Gasteiger partial charge is 0.254 e. The van der Waals surface area contributed by atoms with E-state index in [9.17, 15) is 0 Å². The van der Waals surface area contributed by atoms with Crippen molar-refractivity contribution in [3.8, 4) is 23.0 Å². The Bertz CT molecular complexity index is 1020. The second kappa shape index (κ2) is 8.71. The van der Waals surface area contributed by atoms with Crippen LogP contribution in [0.4, 0.5) is 0 Å². The molecule has 0 aliphatic carbocycles. The van der Waals surface area contributed by atoms with Crippen molar-refractivity contribution in [3.63, 3.8) is 0 Å². The van der Waals surface area contributed by atoms with Gasteiger partial charge in [0.1, 0.15) is 18.1 Å². The zero-order valence-electron chi connectivity index (χ0n) is 14.9. The fourth-order valence-electron chi connectivity index (χ4n) is 2.54. The Morgan fingerprint density at radius 3 is 2.04 bits per heavy atom. The van der Waals surface area contributed by atoms with E-state index in [1.54, 1.807) is 0 Å². The van der Waals surface area contributed by atoms with Gasteiger partial charge < -0.3 is 13.9 Å². The molecule has 0 amide bonds. The zero-order valence-corrected chi connectivity index (χ0v) is 16.5. The molecule has 28 heavy (non-hydrogen) atoms. The van der Waals surface area contributed by atoms with Crippen LogP contribution in [0.3, 0.4) is 0 Å². The van der Waals surface area contributed by atoms with Gasteiger partial charge in [-0.25, -0.2) is 0 Å². The van der Waals surface area contributed by atoms with Gasteiger partial charge in [0.15, 0.2) is 6.61 Å². The van der Waals surface area contributed by atoms with Crippen molar-refractivity contribution in [1.82, 2.24) is 10.2 Å². The van der Waals surface area contributed by atoms with Crippen LogP contribution in [-0.4, -0.2) is 10.2 Å². The molecule has 0 radical (unpaired) electrons. The van der Waals surface area contributed by atoms with Crippen LogP contribution >= 0.6 is 15.9 Å². The molecule has 0 aliphatic rings. The summed E-state index contributed by atoms with van der Waals surface area (Å²) in [5.74, 6) is 2.38. The lowest BCUT2D eigenvalue weighted by Gasteiger charge is -2.08. The van der Waals surface area contributed by atoms with Gasteiger partial charge in [0.05, 0.1) is 0 Å². The van der Waals surface area contributed by atoms with E-state index in [4.69, 9.17) is 13.9 Å². The topological polar surface area (TPSA) is 57.4 Å². The molecule has 3 aromatic carbocycles. The maximum Gasteiger partial charge on any atom is 0.254 e. The van der Waals surface area contributed by atoms with E-state index in [0.29, 0.717) is 24.1 Å². The third-order valence-corrected chi connectivity index (χ3v) is 4.52. The zero-order chi connectivity index (χ0) is 19.2. The van der Waals surface area contributed by atoms with Crippen LogP contribution in [0.2, 0.25) is 0 Å². The number of hydrogen-bond donors (Lipinski definition) is 0. The molecule has 0 bridgehead atoms. The maximum absolute atomic E-state index is 5.77. The fraction of sp³-hybridized carbons (Fsp3) is 0.0909. The van der Waals surface area contributed by atoms with Crippen molar-refractivity contribution in [2.75, 3.05) is 0 Å². The first-order valence-electron chi connectivity index (χ1n) is 8.74. The molecule has 0 unspecified atom stereocenters. The summed E-state index contributed by atoms with van der Waals surface area (Å²) in [4.78, 5) is 0. The predicted octanol–water partition coefficient (Wildman–Crippen LogP) is 5.66. The Morgan fingerprint density at radius 2 is 1.36 bits per heavy atom. The summed E-state index contributed by atoms with van der Waals surface area (Å²) in [5.41, 5.74) is 1.99. The Hall–Kier alpha value is -3.12. The molecule has 1 aromatic heterocycles. The number of ether oxygens (including phenoxy) is 2. The lowest BCUT2D eigenvalue weighted by atomic mass is 10.2. The quantitative estimate of drug-likeness (QED) is 0.374. The van der Waals surface area contributed by atoms with E-state index in [-0.39, 0.29) is 6.61 Å². The van der Waals surface area contributed by atoms with Gasteiger partial charge in [-0.15, -0.1) is 10.2 Å². The molecule has 0 saturated carbocycles. The SMILES string of the molecule is Brc1ccc(-c2nnc(COc3ccc(OCc4ccccc4)cc3)o2)cc1. The monoisotopic (exact) mass is 436 g/mol. The number of hydrogen-bond acceptors (Lipinski definition) is 5. The molecule has 4 rings (SSSR count). The van der Waals surface area contributed by atoms with Crippen molar-refractivity contribution in [2.45, 2.75) is 13.2 Å². The minimum Gasteiger partial charge on any atom is -0.489 e. The summed E-state index contributed by atoms with van der Waals surface area (Å²) < 4.78 is 18.1. The average molecular weight is 437 g/mol. The second-order valence-electron chi connectivity index (χ2n) is 6.04. The lowest BCUT2D eigenvalue weighted by Crippen LogP contribution is -1.97. The highest BCUT2D eigenvalue weighted by Crippen LogP contribution is 2.22. The molecule has 140 valence electrons. The third kappa shape index (κ3) is 4.78. The molecule has 6 heteroatoms. The van der Waals surface area contributed by atoms with Crippen molar-refractivity contribution in [1.29, 1.82) is 0 Å². The Labute approximate surface area is 171 Å². The summed E-state index contributed by atoms with van der Waals surface area (Å²) >= 11 is 3.40. The van der Waals surface area contributed by atoms with Crippen molar-refractivity contribution >= 4 is 15.9 Å². The summed E-state index contributed by atoms with van der Waals surface area (Å²) in [5, 5.41) is 8.10. The molecule has 0 aliphatic heterocycles. The third-order valence-electron chi connectivity index (χ3n) is 3.99. The summed E-state index contributed by atoms with van der Waals surface area (Å²) in [6.45, 7) is 0.732. The Balaban J connectivity index is 1.31. The minimum atomic E-state index is 0.202. The first kappa shape index (κ1) is 18.3. The highest BCUT2D eigenvalue weighted by molar-refractivity contribution is 9.10. The minimum absolute atomic E-state index is 0.202. The van der Waals surface area contributed by atoms with Crippen LogP contribution in [0.15, 0.2) is 87.8 Å².